The third kappa shape index (κ3) is 4.94. The molecule has 1 N–H and O–H groups in total. The molecule has 1 aromatic heterocycles. The summed E-state index contributed by atoms with van der Waals surface area (Å²) in [4.78, 5) is 4.14. The number of nitrogens with one attached hydrogen (secondary N) is 1. The number of nitrogens with zero attached hydrogens (tertiary/aromatic N) is 1. The molecule has 0 saturated carbocycles. The van der Waals surface area contributed by atoms with Crippen LogP contribution in [0.15, 0.2) is 24.5 Å². The van der Waals surface area contributed by atoms with E-state index in [0.29, 0.717) is 0 Å². The molecule has 0 aliphatic rings. The summed E-state index contributed by atoms with van der Waals surface area (Å²) in [6, 6.07) is 2.00. The zero-order chi connectivity index (χ0) is 11.8. The van der Waals surface area contributed by atoms with Crippen molar-refractivity contribution in [3.8, 4) is 5.75 Å². The summed E-state index contributed by atoms with van der Waals surface area (Å²) < 4.78 is 5.57. The Morgan fingerprint density at radius 1 is 1.44 bits per heavy atom. The van der Waals surface area contributed by atoms with Crippen molar-refractivity contribution in [1.29, 1.82) is 0 Å². The van der Waals surface area contributed by atoms with Gasteiger partial charge in [-0.15, -0.1) is 0 Å². The van der Waals surface area contributed by atoms with Crippen LogP contribution in [0, 0.1) is 0 Å². The van der Waals surface area contributed by atoms with E-state index in [-0.39, 0.29) is 6.10 Å². The molecular weight excluding hydrogens is 200 g/mol. The molecule has 0 radical (unpaired) electrons. The van der Waals surface area contributed by atoms with Crippen molar-refractivity contribution in [2.24, 2.45) is 0 Å². The minimum absolute atomic E-state index is 0.185. The van der Waals surface area contributed by atoms with Crippen LogP contribution in [0.5, 0.6) is 5.75 Å². The van der Waals surface area contributed by atoms with Gasteiger partial charge in [0.1, 0.15) is 5.75 Å². The van der Waals surface area contributed by atoms with Gasteiger partial charge in [-0.2, -0.15) is 0 Å². The van der Waals surface area contributed by atoms with E-state index in [0.717, 1.165) is 24.3 Å². The van der Waals surface area contributed by atoms with Crippen LogP contribution >= 0.6 is 0 Å². The summed E-state index contributed by atoms with van der Waals surface area (Å²) in [5, 5.41) is 3.10. The van der Waals surface area contributed by atoms with E-state index >= 15 is 0 Å². The number of hydrogen-bond donors (Lipinski definition) is 1. The second kappa shape index (κ2) is 7.01. The molecule has 0 aromatic carbocycles. The predicted octanol–water partition coefficient (Wildman–Crippen LogP) is 2.49. The Bertz CT molecular complexity index is 334. The average molecular weight is 220 g/mol. The highest BCUT2D eigenvalue weighted by Crippen LogP contribution is 2.14. The Hall–Kier alpha value is -1.35. The maximum absolute atomic E-state index is 5.57. The van der Waals surface area contributed by atoms with Gasteiger partial charge in [-0.1, -0.05) is 12.2 Å². The van der Waals surface area contributed by atoms with E-state index in [4.69, 9.17) is 4.74 Å². The lowest BCUT2D eigenvalue weighted by molar-refractivity contribution is 0.241. The highest BCUT2D eigenvalue weighted by Gasteiger charge is 1.97. The summed E-state index contributed by atoms with van der Waals surface area (Å²) >= 11 is 0. The zero-order valence-electron chi connectivity index (χ0n) is 10.2. The number of hydrogen-bond acceptors (Lipinski definition) is 3. The molecule has 0 aliphatic carbocycles. The second-order valence-corrected chi connectivity index (χ2v) is 3.92. The van der Waals surface area contributed by atoms with Crippen LogP contribution in [0.3, 0.4) is 0 Å². The van der Waals surface area contributed by atoms with Gasteiger partial charge in [-0.25, -0.2) is 0 Å². The third-order valence-corrected chi connectivity index (χ3v) is 1.98. The molecule has 3 nitrogen and oxygen atoms in total. The largest absolute Gasteiger partial charge is 0.489 e. The van der Waals surface area contributed by atoms with Crippen LogP contribution in [0.25, 0.3) is 6.08 Å². The van der Waals surface area contributed by atoms with Crippen molar-refractivity contribution in [1.82, 2.24) is 10.3 Å². The zero-order valence-corrected chi connectivity index (χ0v) is 10.2. The molecule has 0 unspecified atom stereocenters. The second-order valence-electron chi connectivity index (χ2n) is 3.92. The highest BCUT2D eigenvalue weighted by atomic mass is 16.5. The minimum Gasteiger partial charge on any atom is -0.489 e. The summed E-state index contributed by atoms with van der Waals surface area (Å²) in [6.07, 6.45) is 8.98. The van der Waals surface area contributed by atoms with Crippen LogP contribution in [0.1, 0.15) is 25.8 Å². The van der Waals surface area contributed by atoms with E-state index in [1.165, 1.54) is 0 Å². The van der Waals surface area contributed by atoms with Crippen molar-refractivity contribution in [3.05, 3.63) is 30.1 Å². The number of ether oxygens (including phenoxy) is 1. The van der Waals surface area contributed by atoms with Gasteiger partial charge in [0.2, 0.25) is 0 Å². The standard InChI is InChI=1S/C13H20N2O/c1-11(2)16-13-8-12(9-15-10-13)6-4-5-7-14-3/h4,6,8-11,14H,5,7H2,1-3H3/b6-4+. The summed E-state index contributed by atoms with van der Waals surface area (Å²) in [6.45, 7) is 5.01. The molecule has 16 heavy (non-hydrogen) atoms. The number of aromatic nitrogens is 1. The SMILES string of the molecule is CNCC/C=C/c1cncc(OC(C)C)c1. The topological polar surface area (TPSA) is 34.2 Å². The number of rotatable bonds is 6. The first kappa shape index (κ1) is 12.7. The molecule has 1 rings (SSSR count). The highest BCUT2D eigenvalue weighted by molar-refractivity contribution is 5.49. The maximum atomic E-state index is 5.57. The molecular formula is C13H20N2O. The fourth-order valence-corrected chi connectivity index (χ4v) is 1.31. The van der Waals surface area contributed by atoms with Gasteiger partial charge in [0.25, 0.3) is 0 Å². The molecule has 0 amide bonds. The monoisotopic (exact) mass is 220 g/mol. The lowest BCUT2D eigenvalue weighted by Crippen LogP contribution is -2.06. The predicted molar refractivity (Wildman–Crippen MR) is 67.6 cm³/mol. The molecule has 1 aromatic rings. The van der Waals surface area contributed by atoms with Crippen molar-refractivity contribution in [3.63, 3.8) is 0 Å². The van der Waals surface area contributed by atoms with E-state index < -0.39 is 0 Å². The summed E-state index contributed by atoms with van der Waals surface area (Å²) in [5.41, 5.74) is 1.08. The molecule has 88 valence electrons. The van der Waals surface area contributed by atoms with Gasteiger partial charge in [-0.3, -0.25) is 4.98 Å². The minimum atomic E-state index is 0.185. The molecule has 0 aliphatic heterocycles. The average Bonchev–Trinajstić information content (AvgIpc) is 2.24. The van der Waals surface area contributed by atoms with E-state index in [2.05, 4.69) is 22.5 Å². The van der Waals surface area contributed by atoms with Gasteiger partial charge in [0.05, 0.1) is 12.3 Å². The van der Waals surface area contributed by atoms with Crippen LogP contribution in [-0.4, -0.2) is 24.7 Å². The third-order valence-electron chi connectivity index (χ3n) is 1.98. The lowest BCUT2D eigenvalue weighted by atomic mass is 10.2. The van der Waals surface area contributed by atoms with Crippen molar-refractivity contribution < 1.29 is 4.74 Å². The van der Waals surface area contributed by atoms with Crippen molar-refractivity contribution in [2.75, 3.05) is 13.6 Å². The number of pyridine rings is 1. The van der Waals surface area contributed by atoms with Crippen LogP contribution < -0.4 is 10.1 Å². The van der Waals surface area contributed by atoms with Gasteiger partial charge in [0, 0.05) is 6.20 Å². The molecule has 1 heterocycles. The van der Waals surface area contributed by atoms with Crippen molar-refractivity contribution in [2.45, 2.75) is 26.4 Å². The van der Waals surface area contributed by atoms with Crippen molar-refractivity contribution >= 4 is 6.08 Å². The Balaban J connectivity index is 2.56. The Labute approximate surface area is 97.5 Å². The Morgan fingerprint density at radius 2 is 2.25 bits per heavy atom. The van der Waals surface area contributed by atoms with Gasteiger partial charge < -0.3 is 10.1 Å². The fourth-order valence-electron chi connectivity index (χ4n) is 1.31. The summed E-state index contributed by atoms with van der Waals surface area (Å²) in [5.74, 6) is 0.825. The first-order valence-electron chi connectivity index (χ1n) is 5.65. The molecule has 0 fully saturated rings. The van der Waals surface area contributed by atoms with Crippen LogP contribution in [0.4, 0.5) is 0 Å². The molecule has 0 atom stereocenters. The quantitative estimate of drug-likeness (QED) is 0.748. The molecule has 0 bridgehead atoms. The smallest absolute Gasteiger partial charge is 0.138 e. The lowest BCUT2D eigenvalue weighted by Gasteiger charge is -2.09. The normalized spacial score (nSPS) is 11.2. The van der Waals surface area contributed by atoms with Gasteiger partial charge in [0.15, 0.2) is 0 Å². The van der Waals surface area contributed by atoms with E-state index in [1.54, 1.807) is 6.20 Å². The first-order chi connectivity index (χ1) is 7.72. The Kier molecular flexibility index (Phi) is 5.57. The van der Waals surface area contributed by atoms with Crippen LogP contribution in [-0.2, 0) is 0 Å². The van der Waals surface area contributed by atoms with E-state index in [9.17, 15) is 0 Å². The Morgan fingerprint density at radius 3 is 2.94 bits per heavy atom. The van der Waals surface area contributed by atoms with Crippen LogP contribution in [0.2, 0.25) is 0 Å². The van der Waals surface area contributed by atoms with E-state index in [1.807, 2.05) is 33.2 Å². The molecule has 3 heteroatoms. The van der Waals surface area contributed by atoms with Gasteiger partial charge >= 0.3 is 0 Å². The first-order valence-corrected chi connectivity index (χ1v) is 5.65. The van der Waals surface area contributed by atoms with Gasteiger partial charge in [-0.05, 0) is 45.5 Å². The fraction of sp³-hybridized carbons (Fsp3) is 0.462. The molecule has 0 saturated heterocycles. The summed E-state index contributed by atoms with van der Waals surface area (Å²) in [7, 11) is 1.95. The maximum Gasteiger partial charge on any atom is 0.138 e. The molecule has 0 spiro atoms.